The van der Waals surface area contributed by atoms with Crippen LogP contribution in [0.5, 0.6) is 6.01 Å². The number of likely N-dealkylation sites (tertiary alicyclic amines) is 1. The molecule has 1 fully saturated rings. The number of halogens is 3. The van der Waals surface area contributed by atoms with Gasteiger partial charge in [0, 0.05) is 19.1 Å². The van der Waals surface area contributed by atoms with Crippen molar-refractivity contribution in [3.63, 3.8) is 0 Å². The van der Waals surface area contributed by atoms with Crippen LogP contribution >= 0.6 is 0 Å². The van der Waals surface area contributed by atoms with Crippen LogP contribution in [0, 0.1) is 0 Å². The highest BCUT2D eigenvalue weighted by molar-refractivity contribution is 5.79. The molecule has 30 heavy (non-hydrogen) atoms. The predicted molar refractivity (Wildman–Crippen MR) is 106 cm³/mol. The number of benzene rings is 2. The molecule has 4 rings (SSSR count). The molecule has 0 unspecified atom stereocenters. The highest BCUT2D eigenvalue weighted by Crippen LogP contribution is 2.32. The number of rotatable bonds is 4. The largest absolute Gasteiger partial charge is 0.468 e. The Labute approximate surface area is 172 Å². The van der Waals surface area contributed by atoms with Gasteiger partial charge in [0.2, 0.25) is 5.91 Å². The van der Waals surface area contributed by atoms with Gasteiger partial charge in [-0.1, -0.05) is 24.3 Å². The van der Waals surface area contributed by atoms with Crippen LogP contribution in [-0.2, 0) is 17.4 Å². The minimum Gasteiger partial charge on any atom is -0.468 e. The number of nitrogens with zero attached hydrogens (tertiary/aromatic N) is 3. The van der Waals surface area contributed by atoms with Crippen LogP contribution < -0.4 is 4.74 Å². The van der Waals surface area contributed by atoms with Crippen molar-refractivity contribution in [2.45, 2.75) is 31.5 Å². The van der Waals surface area contributed by atoms with E-state index in [0.717, 1.165) is 36.0 Å². The van der Waals surface area contributed by atoms with Gasteiger partial charge in [-0.2, -0.15) is 18.2 Å². The van der Waals surface area contributed by atoms with Crippen molar-refractivity contribution in [1.82, 2.24) is 14.5 Å². The Kier molecular flexibility index (Phi) is 5.40. The van der Waals surface area contributed by atoms with Crippen molar-refractivity contribution >= 4 is 16.9 Å². The Morgan fingerprint density at radius 3 is 2.40 bits per heavy atom. The van der Waals surface area contributed by atoms with E-state index in [1.807, 2.05) is 24.3 Å². The number of hydrogen-bond donors (Lipinski definition) is 0. The highest BCUT2D eigenvalue weighted by atomic mass is 19.4. The Morgan fingerprint density at radius 2 is 1.77 bits per heavy atom. The van der Waals surface area contributed by atoms with Gasteiger partial charge in [0.1, 0.15) is 0 Å². The molecular formula is C22H22F3N3O2. The van der Waals surface area contributed by atoms with Crippen LogP contribution in [-0.4, -0.2) is 40.6 Å². The quantitative estimate of drug-likeness (QED) is 0.629. The minimum absolute atomic E-state index is 0.0735. The van der Waals surface area contributed by atoms with Gasteiger partial charge >= 0.3 is 6.18 Å². The molecule has 0 atom stereocenters. The average Bonchev–Trinajstić information content (AvgIpc) is 3.12. The van der Waals surface area contributed by atoms with Gasteiger partial charge in [-0.3, -0.25) is 9.36 Å². The number of piperidine rings is 1. The maximum absolute atomic E-state index is 12.7. The molecule has 0 N–H and O–H groups in total. The Balaban J connectivity index is 1.41. The molecule has 1 aromatic heterocycles. The fourth-order valence-corrected chi connectivity index (χ4v) is 3.99. The summed E-state index contributed by atoms with van der Waals surface area (Å²) in [4.78, 5) is 18.9. The summed E-state index contributed by atoms with van der Waals surface area (Å²) in [5.74, 6) is -0.0735. The lowest BCUT2D eigenvalue weighted by molar-refractivity contribution is -0.137. The van der Waals surface area contributed by atoms with Crippen LogP contribution in [0.4, 0.5) is 13.2 Å². The number of carbonyl (C=O) groups excluding carboxylic acids is 1. The minimum atomic E-state index is -4.37. The second kappa shape index (κ2) is 8.01. The van der Waals surface area contributed by atoms with E-state index in [2.05, 4.69) is 9.55 Å². The Morgan fingerprint density at radius 1 is 1.10 bits per heavy atom. The normalized spacial score (nSPS) is 15.5. The maximum Gasteiger partial charge on any atom is 0.416 e. The van der Waals surface area contributed by atoms with Crippen molar-refractivity contribution in [3.8, 4) is 6.01 Å². The first-order valence-corrected chi connectivity index (χ1v) is 9.81. The van der Waals surface area contributed by atoms with Gasteiger partial charge in [0.25, 0.3) is 6.01 Å². The lowest BCUT2D eigenvalue weighted by Gasteiger charge is -2.33. The predicted octanol–water partition coefficient (Wildman–Crippen LogP) is 4.47. The molecule has 3 aromatic rings. The van der Waals surface area contributed by atoms with E-state index < -0.39 is 11.7 Å². The third-order valence-corrected chi connectivity index (χ3v) is 5.56. The van der Waals surface area contributed by atoms with Gasteiger partial charge < -0.3 is 9.64 Å². The second-order valence-electron chi connectivity index (χ2n) is 7.44. The van der Waals surface area contributed by atoms with Crippen molar-refractivity contribution in [1.29, 1.82) is 0 Å². The molecule has 0 saturated carbocycles. The van der Waals surface area contributed by atoms with Gasteiger partial charge in [-0.15, -0.1) is 0 Å². The molecule has 158 valence electrons. The third-order valence-electron chi connectivity index (χ3n) is 5.56. The number of carbonyl (C=O) groups is 1. The summed E-state index contributed by atoms with van der Waals surface area (Å²) in [6, 6.07) is 13.4. The van der Waals surface area contributed by atoms with E-state index >= 15 is 0 Å². The zero-order valence-electron chi connectivity index (χ0n) is 16.5. The van der Waals surface area contributed by atoms with Crippen molar-refractivity contribution < 1.29 is 22.7 Å². The number of para-hydroxylation sites is 2. The molecule has 8 heteroatoms. The molecule has 1 amide bonds. The SMILES string of the molecule is COc1nc2ccccc2n1C1CCN(C(=O)Cc2ccc(C(F)(F)F)cc2)CC1. The number of aromatic nitrogens is 2. The van der Waals surface area contributed by atoms with E-state index in [-0.39, 0.29) is 18.4 Å². The van der Waals surface area contributed by atoms with Gasteiger partial charge in [0.05, 0.1) is 30.1 Å². The fourth-order valence-electron chi connectivity index (χ4n) is 3.99. The van der Waals surface area contributed by atoms with E-state index in [1.165, 1.54) is 12.1 Å². The van der Waals surface area contributed by atoms with Crippen molar-refractivity contribution in [2.75, 3.05) is 20.2 Å². The number of hydrogen-bond acceptors (Lipinski definition) is 3. The molecule has 1 aliphatic heterocycles. The summed E-state index contributed by atoms with van der Waals surface area (Å²) in [7, 11) is 1.60. The van der Waals surface area contributed by atoms with E-state index in [0.29, 0.717) is 24.7 Å². The van der Waals surface area contributed by atoms with Crippen LogP contribution in [0.3, 0.4) is 0 Å². The molecule has 1 aliphatic rings. The van der Waals surface area contributed by atoms with Crippen LogP contribution in [0.1, 0.15) is 30.0 Å². The molecular weight excluding hydrogens is 395 g/mol. The maximum atomic E-state index is 12.7. The highest BCUT2D eigenvalue weighted by Gasteiger charge is 2.30. The van der Waals surface area contributed by atoms with Gasteiger partial charge in [-0.05, 0) is 42.7 Å². The van der Waals surface area contributed by atoms with Crippen LogP contribution in [0.2, 0.25) is 0 Å². The smallest absolute Gasteiger partial charge is 0.416 e. The van der Waals surface area contributed by atoms with Crippen molar-refractivity contribution in [3.05, 3.63) is 59.7 Å². The first kappa shape index (κ1) is 20.3. The number of fused-ring (bicyclic) bond motifs is 1. The summed E-state index contributed by atoms with van der Waals surface area (Å²) in [6.07, 6.45) is -2.76. The van der Waals surface area contributed by atoms with Crippen molar-refractivity contribution in [2.24, 2.45) is 0 Å². The molecule has 2 aromatic carbocycles. The molecule has 0 bridgehead atoms. The van der Waals surface area contributed by atoms with E-state index in [4.69, 9.17) is 4.74 Å². The number of methoxy groups -OCH3 is 1. The first-order valence-electron chi connectivity index (χ1n) is 9.81. The van der Waals surface area contributed by atoms with Crippen LogP contribution in [0.15, 0.2) is 48.5 Å². The molecule has 0 spiro atoms. The summed E-state index contributed by atoms with van der Waals surface area (Å²) in [6.45, 7) is 1.17. The van der Waals surface area contributed by atoms with Gasteiger partial charge in [0.15, 0.2) is 0 Å². The van der Waals surface area contributed by atoms with E-state index in [1.54, 1.807) is 12.0 Å². The third kappa shape index (κ3) is 3.99. The Bertz CT molecular complexity index is 1040. The number of ether oxygens (including phenoxy) is 1. The first-order chi connectivity index (χ1) is 14.4. The van der Waals surface area contributed by atoms with E-state index in [9.17, 15) is 18.0 Å². The summed E-state index contributed by atoms with van der Waals surface area (Å²) in [5.41, 5.74) is 1.75. The molecule has 0 aliphatic carbocycles. The number of alkyl halides is 3. The summed E-state index contributed by atoms with van der Waals surface area (Å²) >= 11 is 0. The number of imidazole rings is 1. The molecule has 1 saturated heterocycles. The zero-order valence-corrected chi connectivity index (χ0v) is 16.5. The lowest BCUT2D eigenvalue weighted by atomic mass is 10.0. The summed E-state index contributed by atoms with van der Waals surface area (Å²) in [5, 5.41) is 0. The Hall–Kier alpha value is -3.03. The standard InChI is InChI=1S/C22H22F3N3O2/c1-30-21-26-18-4-2-3-5-19(18)28(21)17-10-12-27(13-11-17)20(29)14-15-6-8-16(9-7-15)22(23,24)25/h2-9,17H,10-14H2,1H3. The van der Waals surface area contributed by atoms with Gasteiger partial charge in [-0.25, -0.2) is 0 Å². The summed E-state index contributed by atoms with van der Waals surface area (Å²) < 4.78 is 45.6. The molecule has 5 nitrogen and oxygen atoms in total. The topological polar surface area (TPSA) is 47.4 Å². The number of amides is 1. The zero-order chi connectivity index (χ0) is 21.3. The lowest BCUT2D eigenvalue weighted by Crippen LogP contribution is -2.39. The van der Waals surface area contributed by atoms with Crippen LogP contribution in [0.25, 0.3) is 11.0 Å². The molecule has 0 radical (unpaired) electrons. The fraction of sp³-hybridized carbons (Fsp3) is 0.364. The molecule has 2 heterocycles. The average molecular weight is 417 g/mol. The second-order valence-corrected chi connectivity index (χ2v) is 7.44. The monoisotopic (exact) mass is 417 g/mol.